The minimum Gasteiger partial charge on any atom is -0.0888 e. The van der Waals surface area contributed by atoms with Gasteiger partial charge in [0.25, 0.3) is 0 Å². The van der Waals surface area contributed by atoms with Gasteiger partial charge < -0.3 is 0 Å². The molecule has 8 aromatic rings. The molecule has 11 rings (SSSR count). The van der Waals surface area contributed by atoms with E-state index in [1.54, 1.807) is 0 Å². The molecule has 0 N–H and O–H groups in total. The summed E-state index contributed by atoms with van der Waals surface area (Å²) in [5.41, 5.74) is 15.7. The summed E-state index contributed by atoms with van der Waals surface area (Å²) in [6.45, 7) is 0. The van der Waals surface area contributed by atoms with Crippen molar-refractivity contribution in [3.8, 4) is 44.5 Å². The second-order valence-corrected chi connectivity index (χ2v) is 13.9. The minimum atomic E-state index is -0.369. The van der Waals surface area contributed by atoms with E-state index in [4.69, 9.17) is 0 Å². The summed E-state index contributed by atoms with van der Waals surface area (Å²) in [7, 11) is 0. The minimum absolute atomic E-state index is 0.369. The third-order valence-electron chi connectivity index (χ3n) is 10.6. The Morgan fingerprint density at radius 3 is 1.74 bits per heavy atom. The molecule has 0 radical (unpaired) electrons. The van der Waals surface area contributed by atoms with Gasteiger partial charge >= 0.3 is 0 Å². The molecule has 212 valence electrons. The molecular formula is C45H26S. The normalized spacial score (nSPS) is 16.3. The van der Waals surface area contributed by atoms with Crippen molar-refractivity contribution >= 4 is 33.3 Å². The van der Waals surface area contributed by atoms with Gasteiger partial charge in [-0.3, -0.25) is 0 Å². The third-order valence-corrected chi connectivity index (χ3v) is 11.8. The van der Waals surface area contributed by atoms with Gasteiger partial charge in [0.05, 0.1) is 5.41 Å². The van der Waals surface area contributed by atoms with Crippen molar-refractivity contribution in [3.63, 3.8) is 0 Å². The van der Waals surface area contributed by atoms with E-state index in [1.165, 1.54) is 98.1 Å². The van der Waals surface area contributed by atoms with Crippen LogP contribution < -0.4 is 0 Å². The highest BCUT2D eigenvalue weighted by atomic mass is 32.2. The van der Waals surface area contributed by atoms with E-state index in [-0.39, 0.29) is 5.41 Å². The van der Waals surface area contributed by atoms with Crippen LogP contribution >= 0.6 is 11.8 Å². The molecule has 1 heteroatoms. The zero-order valence-corrected chi connectivity index (χ0v) is 25.7. The number of hydrogen-bond acceptors (Lipinski definition) is 1. The molecule has 1 aliphatic heterocycles. The fraction of sp³-hybridized carbons (Fsp3) is 0.0222. The lowest BCUT2D eigenvalue weighted by atomic mass is 9.70. The smallest absolute Gasteiger partial charge is 0.0725 e. The predicted molar refractivity (Wildman–Crippen MR) is 193 cm³/mol. The summed E-state index contributed by atoms with van der Waals surface area (Å²) in [6, 6.07) is 59.6. The molecule has 46 heavy (non-hydrogen) atoms. The number of hydrogen-bond donors (Lipinski definition) is 0. The molecule has 0 aromatic heterocycles. The Balaban J connectivity index is 1.18. The summed E-state index contributed by atoms with van der Waals surface area (Å²) in [5.74, 6) is 0. The van der Waals surface area contributed by atoms with Crippen molar-refractivity contribution in [1.29, 1.82) is 0 Å². The topological polar surface area (TPSA) is 0 Å². The molecule has 0 bridgehead atoms. The predicted octanol–water partition coefficient (Wildman–Crippen LogP) is 12.1. The van der Waals surface area contributed by atoms with Gasteiger partial charge in [-0.15, -0.1) is 0 Å². The highest BCUT2D eigenvalue weighted by Gasteiger charge is 2.51. The van der Waals surface area contributed by atoms with E-state index in [0.29, 0.717) is 0 Å². The van der Waals surface area contributed by atoms with Gasteiger partial charge in [-0.1, -0.05) is 133 Å². The summed E-state index contributed by atoms with van der Waals surface area (Å²) in [6.07, 6.45) is 0. The Labute approximate surface area is 272 Å². The lowest BCUT2D eigenvalue weighted by Gasteiger charge is -2.31. The van der Waals surface area contributed by atoms with Crippen molar-refractivity contribution < 1.29 is 0 Å². The van der Waals surface area contributed by atoms with E-state index >= 15 is 0 Å². The van der Waals surface area contributed by atoms with Gasteiger partial charge in [0.15, 0.2) is 0 Å². The highest BCUT2D eigenvalue weighted by Crippen LogP contribution is 2.63. The van der Waals surface area contributed by atoms with Crippen LogP contribution in [0.5, 0.6) is 0 Å². The SMILES string of the molecule is c1ccc2c(c1)-c1ccc(-c3ccc4c(c3)-c3cccc5cccc(c35)S4)cc1C21c2ccccc2-c2cc3ccccc3cc21. The molecule has 2 aliphatic carbocycles. The van der Waals surface area contributed by atoms with E-state index in [1.807, 2.05) is 11.8 Å². The first-order valence-corrected chi connectivity index (χ1v) is 16.8. The molecule has 8 aromatic carbocycles. The highest BCUT2D eigenvalue weighted by molar-refractivity contribution is 7.99. The number of fused-ring (bicyclic) bond motifs is 13. The first-order chi connectivity index (χ1) is 22.8. The van der Waals surface area contributed by atoms with Crippen LogP contribution in [0.15, 0.2) is 168 Å². The molecule has 3 aliphatic rings. The molecular weight excluding hydrogens is 573 g/mol. The van der Waals surface area contributed by atoms with Crippen LogP contribution in [-0.4, -0.2) is 0 Å². The molecule has 1 atom stereocenters. The molecule has 0 fully saturated rings. The summed E-state index contributed by atoms with van der Waals surface area (Å²) >= 11 is 1.89. The molecule has 1 unspecified atom stereocenters. The van der Waals surface area contributed by atoms with Crippen LogP contribution in [0, 0.1) is 0 Å². The van der Waals surface area contributed by atoms with Crippen molar-refractivity contribution in [2.24, 2.45) is 0 Å². The van der Waals surface area contributed by atoms with Gasteiger partial charge in [0.2, 0.25) is 0 Å². The maximum Gasteiger partial charge on any atom is 0.0725 e. The zero-order chi connectivity index (χ0) is 30.0. The van der Waals surface area contributed by atoms with E-state index in [9.17, 15) is 0 Å². The van der Waals surface area contributed by atoms with E-state index in [0.717, 1.165) is 0 Å². The van der Waals surface area contributed by atoms with Crippen LogP contribution in [0.3, 0.4) is 0 Å². The number of rotatable bonds is 1. The van der Waals surface area contributed by atoms with Gasteiger partial charge in [0.1, 0.15) is 0 Å². The largest absolute Gasteiger partial charge is 0.0888 e. The Kier molecular flexibility index (Phi) is 4.80. The molecule has 1 spiro atoms. The quantitative estimate of drug-likeness (QED) is 0.181. The molecule has 1 heterocycles. The second-order valence-electron chi connectivity index (χ2n) is 12.8. The fourth-order valence-electron chi connectivity index (χ4n) is 8.75. The van der Waals surface area contributed by atoms with Gasteiger partial charge in [0, 0.05) is 15.2 Å². The first-order valence-electron chi connectivity index (χ1n) is 16.0. The van der Waals surface area contributed by atoms with Crippen molar-refractivity contribution in [3.05, 3.63) is 180 Å². The van der Waals surface area contributed by atoms with E-state index < -0.39 is 0 Å². The molecule has 0 nitrogen and oxygen atoms in total. The van der Waals surface area contributed by atoms with Crippen LogP contribution in [0.2, 0.25) is 0 Å². The Hall–Kier alpha value is -5.37. The summed E-state index contributed by atoms with van der Waals surface area (Å²) in [4.78, 5) is 2.67. The van der Waals surface area contributed by atoms with Crippen LogP contribution in [-0.2, 0) is 5.41 Å². The van der Waals surface area contributed by atoms with E-state index in [2.05, 4.69) is 158 Å². The zero-order valence-electron chi connectivity index (χ0n) is 24.9. The average Bonchev–Trinajstić information content (AvgIpc) is 3.57. The van der Waals surface area contributed by atoms with Crippen molar-refractivity contribution in [2.75, 3.05) is 0 Å². The van der Waals surface area contributed by atoms with Crippen LogP contribution in [0.4, 0.5) is 0 Å². The van der Waals surface area contributed by atoms with Crippen LogP contribution in [0.25, 0.3) is 66.1 Å². The second kappa shape index (κ2) is 8.88. The monoisotopic (exact) mass is 598 g/mol. The standard InChI is InChI=1S/C45H26S/c1-2-10-29-25-41-36(23-28(29)9-1)33-14-4-6-17-39(33)45(41)38-16-5-3-13-32(38)34-21-19-31(26-40(34)45)30-20-22-42-37(24-30)35-15-7-11-27-12-8-18-43(46-42)44(27)35/h1-26H. The maximum absolute atomic E-state index is 2.50. The molecule has 0 saturated carbocycles. The van der Waals surface area contributed by atoms with Gasteiger partial charge in [-0.25, -0.2) is 0 Å². The first kappa shape index (κ1) is 24.9. The lowest BCUT2D eigenvalue weighted by Crippen LogP contribution is -2.25. The molecule has 0 saturated heterocycles. The maximum atomic E-state index is 2.50. The van der Waals surface area contributed by atoms with Gasteiger partial charge in [-0.2, -0.15) is 0 Å². The van der Waals surface area contributed by atoms with Crippen molar-refractivity contribution in [1.82, 2.24) is 0 Å². The average molecular weight is 599 g/mol. The third kappa shape index (κ3) is 3.06. The van der Waals surface area contributed by atoms with Crippen molar-refractivity contribution in [2.45, 2.75) is 15.2 Å². The van der Waals surface area contributed by atoms with Gasteiger partial charge in [-0.05, 0) is 119 Å². The Bertz CT molecular complexity index is 2620. The summed E-state index contributed by atoms with van der Waals surface area (Å²) in [5, 5.41) is 5.25. The molecule has 0 amide bonds. The lowest BCUT2D eigenvalue weighted by molar-refractivity contribution is 0.795. The Morgan fingerprint density at radius 2 is 0.913 bits per heavy atom. The summed E-state index contributed by atoms with van der Waals surface area (Å²) < 4.78 is 0. The number of benzene rings is 8. The fourth-order valence-corrected chi connectivity index (χ4v) is 9.87. The van der Waals surface area contributed by atoms with Crippen LogP contribution in [0.1, 0.15) is 22.3 Å². The Morgan fingerprint density at radius 1 is 0.326 bits per heavy atom.